The highest BCUT2D eigenvalue weighted by Gasteiger charge is 2.59. The molecule has 2 aliphatic rings. The van der Waals surface area contributed by atoms with Gasteiger partial charge in [-0.1, -0.05) is 34.1 Å². The number of carbonyl (C=O) groups excluding carboxylic acids is 1. The molecule has 0 radical (unpaired) electrons. The molecule has 1 saturated heterocycles. The lowest BCUT2D eigenvalue weighted by molar-refractivity contribution is -0.146. The second-order valence-electron chi connectivity index (χ2n) is 5.47. The SMILES string of the molecule is C[C@@]12C=C[C@@H](O1)[C@H](C(=O)O)[C@@H]2C(=O)Nc1cccc(Br)c1. The third-order valence-electron chi connectivity index (χ3n) is 4.00. The molecule has 1 aromatic carbocycles. The number of benzene rings is 1. The average Bonchev–Trinajstić information content (AvgIpc) is 2.91. The van der Waals surface area contributed by atoms with Crippen molar-refractivity contribution in [2.75, 3.05) is 5.32 Å². The second-order valence-corrected chi connectivity index (χ2v) is 6.38. The van der Waals surface area contributed by atoms with Crippen LogP contribution in [0.15, 0.2) is 40.9 Å². The van der Waals surface area contributed by atoms with Crippen molar-refractivity contribution in [1.29, 1.82) is 0 Å². The zero-order valence-corrected chi connectivity index (χ0v) is 12.8. The fraction of sp³-hybridized carbons (Fsp3) is 0.333. The van der Waals surface area contributed by atoms with E-state index in [-0.39, 0.29) is 5.91 Å². The highest BCUT2D eigenvalue weighted by Crippen LogP contribution is 2.47. The molecule has 4 atom stereocenters. The quantitative estimate of drug-likeness (QED) is 0.820. The first-order valence-corrected chi connectivity index (χ1v) is 7.36. The van der Waals surface area contributed by atoms with Gasteiger partial charge in [-0.2, -0.15) is 0 Å². The largest absolute Gasteiger partial charge is 0.481 e. The maximum Gasteiger partial charge on any atom is 0.310 e. The fourth-order valence-electron chi connectivity index (χ4n) is 3.07. The number of hydrogen-bond acceptors (Lipinski definition) is 3. The summed E-state index contributed by atoms with van der Waals surface area (Å²) in [7, 11) is 0. The van der Waals surface area contributed by atoms with Gasteiger partial charge in [-0.3, -0.25) is 9.59 Å². The number of aliphatic carboxylic acids is 1. The number of carboxylic acids is 1. The Morgan fingerprint density at radius 1 is 1.43 bits per heavy atom. The van der Waals surface area contributed by atoms with E-state index >= 15 is 0 Å². The van der Waals surface area contributed by atoms with Crippen LogP contribution in [-0.2, 0) is 14.3 Å². The molecule has 1 fully saturated rings. The summed E-state index contributed by atoms with van der Waals surface area (Å²) < 4.78 is 6.51. The van der Waals surface area contributed by atoms with Gasteiger partial charge in [-0.05, 0) is 25.1 Å². The number of hydrogen-bond donors (Lipinski definition) is 2. The number of nitrogens with one attached hydrogen (secondary N) is 1. The number of rotatable bonds is 3. The van der Waals surface area contributed by atoms with E-state index in [1.54, 1.807) is 37.3 Å². The molecule has 2 aliphatic heterocycles. The van der Waals surface area contributed by atoms with E-state index in [2.05, 4.69) is 21.2 Å². The second kappa shape index (κ2) is 4.96. The van der Waals surface area contributed by atoms with Crippen molar-refractivity contribution in [1.82, 2.24) is 0 Å². The minimum Gasteiger partial charge on any atom is -0.481 e. The predicted octanol–water partition coefficient (Wildman–Crippen LogP) is 2.43. The number of anilines is 1. The summed E-state index contributed by atoms with van der Waals surface area (Å²) in [6.45, 7) is 1.75. The van der Waals surface area contributed by atoms with Crippen molar-refractivity contribution in [2.24, 2.45) is 11.8 Å². The van der Waals surface area contributed by atoms with Crippen molar-refractivity contribution >= 4 is 33.5 Å². The molecular weight excluding hydrogens is 338 g/mol. The smallest absolute Gasteiger partial charge is 0.310 e. The minimum atomic E-state index is -1.01. The maximum absolute atomic E-state index is 12.5. The van der Waals surface area contributed by atoms with Gasteiger partial charge in [0.05, 0.1) is 17.6 Å². The Hall–Kier alpha value is -1.66. The number of amides is 1. The van der Waals surface area contributed by atoms with Gasteiger partial charge in [0, 0.05) is 10.2 Å². The zero-order chi connectivity index (χ0) is 15.2. The van der Waals surface area contributed by atoms with E-state index in [0.717, 1.165) is 4.47 Å². The lowest BCUT2D eigenvalue weighted by Crippen LogP contribution is -2.44. The van der Waals surface area contributed by atoms with E-state index in [1.165, 1.54) is 0 Å². The summed E-state index contributed by atoms with van der Waals surface area (Å²) in [6.07, 6.45) is 2.97. The molecule has 2 bridgehead atoms. The lowest BCUT2D eigenvalue weighted by atomic mass is 9.75. The topological polar surface area (TPSA) is 75.6 Å². The molecule has 5 nitrogen and oxygen atoms in total. The minimum absolute atomic E-state index is 0.338. The average molecular weight is 352 g/mol. The van der Waals surface area contributed by atoms with E-state index in [0.29, 0.717) is 5.69 Å². The standard InChI is InChI=1S/C15H14BrNO4/c1-15-6-5-10(21-15)11(14(19)20)12(15)13(18)17-9-4-2-3-8(16)7-9/h2-7,10-12H,1H3,(H,17,18)(H,19,20)/t10-,11+,12-,15+/m1/s1. The van der Waals surface area contributed by atoms with E-state index in [9.17, 15) is 14.7 Å². The van der Waals surface area contributed by atoms with E-state index in [4.69, 9.17) is 4.74 Å². The van der Waals surface area contributed by atoms with E-state index in [1.807, 2.05) is 6.07 Å². The molecule has 110 valence electrons. The van der Waals surface area contributed by atoms with Crippen LogP contribution < -0.4 is 5.32 Å². The van der Waals surface area contributed by atoms with Gasteiger partial charge in [0.2, 0.25) is 5.91 Å². The van der Waals surface area contributed by atoms with Crippen LogP contribution in [-0.4, -0.2) is 28.7 Å². The molecule has 0 unspecified atom stereocenters. The number of fused-ring (bicyclic) bond motifs is 2. The number of carbonyl (C=O) groups is 2. The molecular formula is C15H14BrNO4. The first kappa shape index (κ1) is 14.3. The van der Waals surface area contributed by atoms with Crippen LogP contribution in [0.3, 0.4) is 0 Å². The van der Waals surface area contributed by atoms with Gasteiger partial charge in [0.1, 0.15) is 5.92 Å². The molecule has 6 heteroatoms. The molecule has 3 rings (SSSR count). The molecule has 0 saturated carbocycles. The van der Waals surface area contributed by atoms with E-state index < -0.39 is 29.5 Å². The fourth-order valence-corrected chi connectivity index (χ4v) is 3.47. The molecule has 0 aliphatic carbocycles. The normalized spacial score (nSPS) is 33.1. The number of halogens is 1. The van der Waals surface area contributed by atoms with Crippen LogP contribution in [0.4, 0.5) is 5.69 Å². The van der Waals surface area contributed by atoms with Crippen LogP contribution >= 0.6 is 15.9 Å². The van der Waals surface area contributed by atoms with Crippen molar-refractivity contribution in [3.05, 3.63) is 40.9 Å². The Labute approximate surface area is 130 Å². The molecule has 0 spiro atoms. The summed E-state index contributed by atoms with van der Waals surface area (Å²) >= 11 is 3.33. The third kappa shape index (κ3) is 2.38. The molecule has 2 heterocycles. The Kier molecular flexibility index (Phi) is 3.37. The summed E-state index contributed by atoms with van der Waals surface area (Å²) in [5.41, 5.74) is -0.238. The van der Waals surface area contributed by atoms with Crippen LogP contribution in [0.25, 0.3) is 0 Å². The molecule has 0 aromatic heterocycles. The Bertz CT molecular complexity index is 644. The first-order chi connectivity index (χ1) is 9.90. The van der Waals surface area contributed by atoms with Crippen LogP contribution in [0.5, 0.6) is 0 Å². The Morgan fingerprint density at radius 3 is 2.86 bits per heavy atom. The third-order valence-corrected chi connectivity index (χ3v) is 4.49. The maximum atomic E-state index is 12.5. The monoisotopic (exact) mass is 351 g/mol. The molecule has 2 N–H and O–H groups in total. The predicted molar refractivity (Wildman–Crippen MR) is 79.8 cm³/mol. The van der Waals surface area contributed by atoms with Crippen molar-refractivity contribution in [2.45, 2.75) is 18.6 Å². The van der Waals surface area contributed by atoms with Gasteiger partial charge in [-0.15, -0.1) is 0 Å². The summed E-state index contributed by atoms with van der Waals surface area (Å²) in [5, 5.41) is 12.2. The highest BCUT2D eigenvalue weighted by molar-refractivity contribution is 9.10. The van der Waals surface area contributed by atoms with Crippen LogP contribution in [0.2, 0.25) is 0 Å². The summed E-state index contributed by atoms with van der Waals surface area (Å²) in [5.74, 6) is -2.95. The van der Waals surface area contributed by atoms with Crippen molar-refractivity contribution < 1.29 is 19.4 Å². The highest BCUT2D eigenvalue weighted by atomic mass is 79.9. The first-order valence-electron chi connectivity index (χ1n) is 6.57. The van der Waals surface area contributed by atoms with Gasteiger partial charge in [0.25, 0.3) is 0 Å². The number of ether oxygens (including phenoxy) is 1. The Morgan fingerprint density at radius 2 is 2.19 bits per heavy atom. The summed E-state index contributed by atoms with van der Waals surface area (Å²) in [4.78, 5) is 24.0. The number of carboxylic acid groups (broad SMARTS) is 1. The van der Waals surface area contributed by atoms with Gasteiger partial charge in [0.15, 0.2) is 0 Å². The van der Waals surface area contributed by atoms with Crippen LogP contribution in [0, 0.1) is 11.8 Å². The zero-order valence-electron chi connectivity index (χ0n) is 11.2. The molecule has 21 heavy (non-hydrogen) atoms. The lowest BCUT2D eigenvalue weighted by Gasteiger charge is -2.27. The van der Waals surface area contributed by atoms with Gasteiger partial charge < -0.3 is 15.2 Å². The summed E-state index contributed by atoms with van der Waals surface area (Å²) in [6, 6.07) is 7.16. The van der Waals surface area contributed by atoms with Gasteiger partial charge in [-0.25, -0.2) is 0 Å². The van der Waals surface area contributed by atoms with Crippen molar-refractivity contribution in [3.63, 3.8) is 0 Å². The molecule has 1 aromatic rings. The molecule has 1 amide bonds. The Balaban J connectivity index is 1.86. The van der Waals surface area contributed by atoms with Gasteiger partial charge >= 0.3 is 5.97 Å². The van der Waals surface area contributed by atoms with Crippen LogP contribution in [0.1, 0.15) is 6.92 Å². The van der Waals surface area contributed by atoms with Crippen molar-refractivity contribution in [3.8, 4) is 0 Å².